The predicted octanol–water partition coefficient (Wildman–Crippen LogP) is 2.61. The number of ketones is 1. The summed E-state index contributed by atoms with van der Waals surface area (Å²) >= 11 is 0. The number of Topliss-reactive ketones (excluding diaryl/α,β-unsaturated/α-hetero) is 1. The fourth-order valence-corrected chi connectivity index (χ4v) is 3.22. The molecule has 0 aromatic rings. The highest BCUT2D eigenvalue weighted by molar-refractivity contribution is 5.95. The van der Waals surface area contributed by atoms with Gasteiger partial charge in [0.25, 0.3) is 0 Å². The van der Waals surface area contributed by atoms with Crippen molar-refractivity contribution in [1.82, 2.24) is 4.90 Å². The molecule has 2 aliphatic rings. The molecule has 0 bridgehead atoms. The Labute approximate surface area is 109 Å². The van der Waals surface area contributed by atoms with Crippen LogP contribution in [0.1, 0.15) is 47.5 Å². The Morgan fingerprint density at radius 2 is 2.00 bits per heavy atom. The van der Waals surface area contributed by atoms with E-state index in [-0.39, 0.29) is 18.1 Å². The van der Waals surface area contributed by atoms with Crippen molar-refractivity contribution in [2.75, 3.05) is 6.54 Å². The van der Waals surface area contributed by atoms with Gasteiger partial charge < -0.3 is 9.64 Å². The summed E-state index contributed by atoms with van der Waals surface area (Å²) in [6, 6.07) is 0.0219. The van der Waals surface area contributed by atoms with Crippen LogP contribution in [0.15, 0.2) is 0 Å². The molecule has 2 fully saturated rings. The number of hydrogen-bond donors (Lipinski definition) is 0. The molecule has 0 radical (unpaired) electrons. The summed E-state index contributed by atoms with van der Waals surface area (Å²) in [4.78, 5) is 25.9. The molecule has 1 saturated heterocycles. The largest absolute Gasteiger partial charge is 0.444 e. The van der Waals surface area contributed by atoms with E-state index in [2.05, 4.69) is 0 Å². The third-order valence-electron chi connectivity index (χ3n) is 3.97. The Hall–Kier alpha value is -1.06. The molecule has 18 heavy (non-hydrogen) atoms. The number of amides is 1. The molecular weight excluding hydrogens is 230 g/mol. The highest BCUT2D eigenvalue weighted by atomic mass is 16.6. The highest BCUT2D eigenvalue weighted by Crippen LogP contribution is 2.49. The van der Waals surface area contributed by atoms with E-state index in [1.165, 1.54) is 0 Å². The van der Waals surface area contributed by atoms with Crippen molar-refractivity contribution in [3.63, 3.8) is 0 Å². The van der Waals surface area contributed by atoms with Crippen LogP contribution in [-0.4, -0.2) is 35.0 Å². The molecule has 1 heterocycles. The second-order valence-electron chi connectivity index (χ2n) is 6.95. The molecule has 0 N–H and O–H groups in total. The fourth-order valence-electron chi connectivity index (χ4n) is 3.22. The average Bonchev–Trinajstić information content (AvgIpc) is 2.25. The number of nitrogens with zero attached hydrogens (tertiary/aromatic N) is 1. The van der Waals surface area contributed by atoms with Crippen molar-refractivity contribution >= 4 is 11.9 Å². The lowest BCUT2D eigenvalue weighted by Gasteiger charge is -2.56. The summed E-state index contributed by atoms with van der Waals surface area (Å²) in [5.41, 5.74) is -0.899. The summed E-state index contributed by atoms with van der Waals surface area (Å²) < 4.78 is 5.43. The molecule has 2 atom stereocenters. The van der Waals surface area contributed by atoms with E-state index < -0.39 is 11.0 Å². The minimum atomic E-state index is -0.484. The smallest absolute Gasteiger partial charge is 0.410 e. The molecule has 2 rings (SSSR count). The van der Waals surface area contributed by atoms with Crippen LogP contribution in [0.25, 0.3) is 0 Å². The highest BCUT2D eigenvalue weighted by Gasteiger charge is 2.60. The first-order chi connectivity index (χ1) is 8.14. The Bertz CT molecular complexity index is 381. The zero-order chi connectivity index (χ0) is 13.7. The van der Waals surface area contributed by atoms with Crippen molar-refractivity contribution in [2.24, 2.45) is 11.3 Å². The number of likely N-dealkylation sites (tertiary alicyclic amines) is 1. The molecule has 0 aromatic heterocycles. The zero-order valence-electron chi connectivity index (χ0n) is 11.9. The number of rotatable bonds is 0. The molecule has 0 spiro atoms. The van der Waals surface area contributed by atoms with E-state index in [1.807, 2.05) is 34.6 Å². The Balaban J connectivity index is 2.14. The molecule has 1 saturated carbocycles. The van der Waals surface area contributed by atoms with Gasteiger partial charge in [-0.2, -0.15) is 0 Å². The number of fused-ring (bicyclic) bond motifs is 1. The molecule has 102 valence electrons. The second kappa shape index (κ2) is 3.97. The van der Waals surface area contributed by atoms with Gasteiger partial charge in [-0.3, -0.25) is 4.79 Å². The maximum atomic E-state index is 12.2. The van der Waals surface area contributed by atoms with Gasteiger partial charge >= 0.3 is 6.09 Å². The Morgan fingerprint density at radius 3 is 2.56 bits per heavy atom. The van der Waals surface area contributed by atoms with Crippen LogP contribution in [-0.2, 0) is 9.53 Å². The van der Waals surface area contributed by atoms with Gasteiger partial charge in [0, 0.05) is 17.9 Å². The van der Waals surface area contributed by atoms with Gasteiger partial charge in [-0.25, -0.2) is 4.79 Å². The first kappa shape index (κ1) is 13.4. The molecule has 1 aliphatic carbocycles. The van der Waals surface area contributed by atoms with Crippen LogP contribution in [0.2, 0.25) is 0 Å². The van der Waals surface area contributed by atoms with Gasteiger partial charge in [-0.05, 0) is 33.6 Å². The molecule has 1 amide bonds. The lowest BCUT2D eigenvalue weighted by Crippen LogP contribution is -2.69. The number of carbonyl (C=O) groups is 2. The quantitative estimate of drug-likeness (QED) is 0.666. The van der Waals surface area contributed by atoms with E-state index in [1.54, 1.807) is 4.90 Å². The van der Waals surface area contributed by atoms with Crippen LogP contribution < -0.4 is 0 Å². The maximum Gasteiger partial charge on any atom is 0.410 e. The number of ether oxygens (including phenoxy) is 1. The molecule has 1 aliphatic heterocycles. The van der Waals surface area contributed by atoms with Gasteiger partial charge in [0.2, 0.25) is 0 Å². The standard InChI is InChI=1S/C14H23NO3/c1-13(2,3)18-12(17)15-8-6-7-9-10(15)14(4,5)11(9)16/h9-10H,6-8H2,1-5H3. The van der Waals surface area contributed by atoms with Crippen LogP contribution in [0.5, 0.6) is 0 Å². The number of piperidine rings is 1. The molecular formula is C14H23NO3. The van der Waals surface area contributed by atoms with Gasteiger partial charge in [0.05, 0.1) is 6.04 Å². The monoisotopic (exact) mass is 253 g/mol. The van der Waals surface area contributed by atoms with E-state index >= 15 is 0 Å². The second-order valence-corrected chi connectivity index (χ2v) is 6.95. The summed E-state index contributed by atoms with van der Waals surface area (Å²) in [5, 5.41) is 0. The maximum absolute atomic E-state index is 12.2. The Kier molecular flexibility index (Phi) is 2.95. The van der Waals surface area contributed by atoms with Gasteiger partial charge in [0.15, 0.2) is 0 Å². The van der Waals surface area contributed by atoms with Crippen molar-refractivity contribution in [1.29, 1.82) is 0 Å². The summed E-state index contributed by atoms with van der Waals surface area (Å²) in [5.74, 6) is 0.321. The van der Waals surface area contributed by atoms with Crippen molar-refractivity contribution in [3.05, 3.63) is 0 Å². The van der Waals surface area contributed by atoms with Gasteiger partial charge in [-0.15, -0.1) is 0 Å². The minimum absolute atomic E-state index is 0.0219. The Morgan fingerprint density at radius 1 is 1.39 bits per heavy atom. The van der Waals surface area contributed by atoms with E-state index in [0.29, 0.717) is 12.3 Å². The molecule has 4 nitrogen and oxygen atoms in total. The lowest BCUT2D eigenvalue weighted by atomic mass is 9.55. The normalized spacial score (nSPS) is 30.5. The van der Waals surface area contributed by atoms with E-state index in [9.17, 15) is 9.59 Å². The third-order valence-corrected chi connectivity index (χ3v) is 3.97. The first-order valence-electron chi connectivity index (χ1n) is 6.68. The molecule has 0 aromatic carbocycles. The number of hydrogen-bond acceptors (Lipinski definition) is 3. The van der Waals surface area contributed by atoms with E-state index in [4.69, 9.17) is 4.74 Å². The topological polar surface area (TPSA) is 46.6 Å². The first-order valence-corrected chi connectivity index (χ1v) is 6.68. The minimum Gasteiger partial charge on any atom is -0.444 e. The summed E-state index contributed by atoms with van der Waals surface area (Å²) in [6.45, 7) is 10.2. The average molecular weight is 253 g/mol. The van der Waals surface area contributed by atoms with E-state index in [0.717, 1.165) is 12.8 Å². The van der Waals surface area contributed by atoms with Crippen molar-refractivity contribution in [3.8, 4) is 0 Å². The summed E-state index contributed by atoms with van der Waals surface area (Å²) in [7, 11) is 0. The molecule has 2 unspecified atom stereocenters. The molecule has 4 heteroatoms. The zero-order valence-corrected chi connectivity index (χ0v) is 11.9. The predicted molar refractivity (Wildman–Crippen MR) is 68.2 cm³/mol. The van der Waals surface area contributed by atoms with Crippen LogP contribution in [0.3, 0.4) is 0 Å². The van der Waals surface area contributed by atoms with Crippen LogP contribution >= 0.6 is 0 Å². The van der Waals surface area contributed by atoms with Crippen molar-refractivity contribution in [2.45, 2.75) is 59.1 Å². The SMILES string of the molecule is CC(C)(C)OC(=O)N1CCCC2C(=O)C(C)(C)C21. The van der Waals surface area contributed by atoms with Gasteiger partial charge in [0.1, 0.15) is 11.4 Å². The van der Waals surface area contributed by atoms with Crippen LogP contribution in [0, 0.1) is 11.3 Å². The van der Waals surface area contributed by atoms with Crippen LogP contribution in [0.4, 0.5) is 4.79 Å². The number of carbonyl (C=O) groups excluding carboxylic acids is 2. The van der Waals surface area contributed by atoms with Gasteiger partial charge in [-0.1, -0.05) is 13.8 Å². The third kappa shape index (κ3) is 2.02. The lowest BCUT2D eigenvalue weighted by molar-refractivity contribution is -0.160. The summed E-state index contributed by atoms with van der Waals surface area (Å²) in [6.07, 6.45) is 1.52. The van der Waals surface area contributed by atoms with Crippen molar-refractivity contribution < 1.29 is 14.3 Å². The fraction of sp³-hybridized carbons (Fsp3) is 0.857.